The lowest BCUT2D eigenvalue weighted by atomic mass is 9.98. The summed E-state index contributed by atoms with van der Waals surface area (Å²) in [5.74, 6) is 2.82. The molecule has 5 rings (SSSR count). The zero-order chi connectivity index (χ0) is 20.5. The highest BCUT2D eigenvalue weighted by Gasteiger charge is 2.43. The summed E-state index contributed by atoms with van der Waals surface area (Å²) in [6.45, 7) is 0. The van der Waals surface area contributed by atoms with Gasteiger partial charge in [-0.15, -0.1) is 0 Å². The molecule has 0 spiro atoms. The van der Waals surface area contributed by atoms with Crippen LogP contribution < -0.4 is 10.1 Å². The Labute approximate surface area is 181 Å². The van der Waals surface area contributed by atoms with Crippen LogP contribution >= 0.6 is 11.6 Å². The quantitative estimate of drug-likeness (QED) is 0.542. The van der Waals surface area contributed by atoms with Crippen LogP contribution in [0, 0.1) is 17.8 Å². The molecule has 2 aliphatic rings. The van der Waals surface area contributed by atoms with E-state index in [0.29, 0.717) is 29.2 Å². The zero-order valence-corrected chi connectivity index (χ0v) is 17.5. The minimum absolute atomic E-state index is 0.0957. The number of carbonyl (C=O) groups is 1. The van der Waals surface area contributed by atoms with Gasteiger partial charge in [0.05, 0.1) is 11.6 Å². The maximum Gasteiger partial charge on any atom is 0.224 e. The number of aromatic nitrogens is 1. The van der Waals surface area contributed by atoms with Crippen molar-refractivity contribution in [3.05, 3.63) is 65.8 Å². The molecule has 2 saturated carbocycles. The van der Waals surface area contributed by atoms with Crippen LogP contribution in [0.5, 0.6) is 5.75 Å². The molecule has 0 aliphatic heterocycles. The summed E-state index contributed by atoms with van der Waals surface area (Å²) in [5.41, 5.74) is 1.78. The second-order valence-electron chi connectivity index (χ2n) is 8.65. The van der Waals surface area contributed by atoms with E-state index in [-0.39, 0.29) is 12.0 Å². The highest BCUT2D eigenvalue weighted by molar-refractivity contribution is 6.30. The smallest absolute Gasteiger partial charge is 0.224 e. The van der Waals surface area contributed by atoms with E-state index in [1.807, 2.05) is 42.6 Å². The molecule has 1 amide bonds. The minimum Gasteiger partial charge on any atom is -0.490 e. The third-order valence-corrected chi connectivity index (χ3v) is 6.83. The number of hydrogen-bond acceptors (Lipinski definition) is 3. The third-order valence-electron chi connectivity index (χ3n) is 6.57. The summed E-state index contributed by atoms with van der Waals surface area (Å²) in [5, 5.41) is 4.74. The molecule has 3 aromatic rings. The van der Waals surface area contributed by atoms with Crippen molar-refractivity contribution in [2.45, 2.75) is 38.2 Å². The highest BCUT2D eigenvalue weighted by atomic mass is 35.5. The number of benzene rings is 2. The van der Waals surface area contributed by atoms with Crippen LogP contribution in [-0.2, 0) is 4.79 Å². The summed E-state index contributed by atoms with van der Waals surface area (Å²) in [6.07, 6.45) is 7.08. The molecule has 0 radical (unpaired) electrons. The molecule has 2 aromatic carbocycles. The number of halogens is 1. The molecule has 2 fully saturated rings. The molecule has 1 N–H and O–H groups in total. The first-order chi connectivity index (χ1) is 14.6. The summed E-state index contributed by atoms with van der Waals surface area (Å²) in [4.78, 5) is 16.8. The van der Waals surface area contributed by atoms with Crippen molar-refractivity contribution >= 4 is 34.1 Å². The van der Waals surface area contributed by atoms with Crippen molar-refractivity contribution in [2.75, 3.05) is 5.32 Å². The maximum atomic E-state index is 12.4. The van der Waals surface area contributed by atoms with Gasteiger partial charge in [0.1, 0.15) is 5.75 Å². The van der Waals surface area contributed by atoms with E-state index in [2.05, 4.69) is 16.4 Å². The van der Waals surface area contributed by atoms with Gasteiger partial charge in [-0.25, -0.2) is 0 Å². The molecule has 5 heteroatoms. The number of fused-ring (bicyclic) bond motifs is 2. The topological polar surface area (TPSA) is 51.2 Å². The Morgan fingerprint density at radius 1 is 1.00 bits per heavy atom. The number of anilines is 1. The fraction of sp³-hybridized carbons (Fsp3) is 0.360. The van der Waals surface area contributed by atoms with E-state index in [9.17, 15) is 4.79 Å². The second-order valence-corrected chi connectivity index (χ2v) is 9.09. The number of amides is 1. The predicted molar refractivity (Wildman–Crippen MR) is 120 cm³/mol. The Kier molecular flexibility index (Phi) is 5.34. The van der Waals surface area contributed by atoms with Gasteiger partial charge in [-0.3, -0.25) is 9.78 Å². The van der Waals surface area contributed by atoms with Crippen LogP contribution in [0.15, 0.2) is 60.8 Å². The highest BCUT2D eigenvalue weighted by Crippen LogP contribution is 2.49. The number of rotatable bonds is 5. The number of hydrogen-bond donors (Lipinski definition) is 1. The summed E-state index contributed by atoms with van der Waals surface area (Å²) in [6, 6.07) is 17.4. The van der Waals surface area contributed by atoms with Crippen LogP contribution in [-0.4, -0.2) is 17.0 Å². The van der Waals surface area contributed by atoms with E-state index in [1.54, 1.807) is 12.1 Å². The van der Waals surface area contributed by atoms with Gasteiger partial charge in [-0.05, 0) is 85.9 Å². The SMILES string of the molecule is O=C(C[C@@H]1C[C@@H]2C[C@@H](Oc3ccnc4ccccc34)C[C@@H]2C1)Nc1ccc(Cl)cc1. The first-order valence-electron chi connectivity index (χ1n) is 10.7. The van der Waals surface area contributed by atoms with Crippen molar-refractivity contribution < 1.29 is 9.53 Å². The average Bonchev–Trinajstić information content (AvgIpc) is 3.28. The van der Waals surface area contributed by atoms with Crippen LogP contribution in [0.3, 0.4) is 0 Å². The van der Waals surface area contributed by atoms with Gasteiger partial charge in [-0.1, -0.05) is 23.7 Å². The lowest BCUT2D eigenvalue weighted by Crippen LogP contribution is -2.17. The van der Waals surface area contributed by atoms with Gasteiger partial charge in [0.15, 0.2) is 0 Å². The number of carbonyl (C=O) groups excluding carboxylic acids is 1. The van der Waals surface area contributed by atoms with Crippen molar-refractivity contribution in [2.24, 2.45) is 17.8 Å². The van der Waals surface area contributed by atoms with Gasteiger partial charge in [0.2, 0.25) is 5.91 Å². The number of pyridine rings is 1. The first kappa shape index (κ1) is 19.4. The molecule has 0 saturated heterocycles. The van der Waals surface area contributed by atoms with Gasteiger partial charge in [-0.2, -0.15) is 0 Å². The molecular weight excluding hydrogens is 396 g/mol. The molecule has 154 valence electrons. The molecule has 30 heavy (non-hydrogen) atoms. The van der Waals surface area contributed by atoms with Crippen LogP contribution in [0.25, 0.3) is 10.9 Å². The molecule has 0 bridgehead atoms. The van der Waals surface area contributed by atoms with Crippen LogP contribution in [0.1, 0.15) is 32.1 Å². The monoisotopic (exact) mass is 420 g/mol. The number of para-hydroxylation sites is 1. The first-order valence-corrected chi connectivity index (χ1v) is 11.1. The third kappa shape index (κ3) is 4.15. The summed E-state index contributed by atoms with van der Waals surface area (Å²) >= 11 is 5.91. The van der Waals surface area contributed by atoms with Gasteiger partial charge in [0, 0.05) is 28.7 Å². The Bertz CT molecular complexity index is 1030. The van der Waals surface area contributed by atoms with Crippen LogP contribution in [0.4, 0.5) is 5.69 Å². The van der Waals surface area contributed by atoms with Gasteiger partial charge in [0.25, 0.3) is 0 Å². The van der Waals surface area contributed by atoms with Crippen LogP contribution in [0.2, 0.25) is 5.02 Å². The molecule has 1 aromatic heterocycles. The second kappa shape index (κ2) is 8.27. The Hall–Kier alpha value is -2.59. The molecule has 0 unspecified atom stereocenters. The maximum absolute atomic E-state index is 12.4. The molecular formula is C25H25ClN2O2. The normalized spacial score (nSPS) is 25.2. The molecule has 1 heterocycles. The lowest BCUT2D eigenvalue weighted by Gasteiger charge is -2.18. The summed E-state index contributed by atoms with van der Waals surface area (Å²) < 4.78 is 6.40. The standard InChI is InChI=1S/C25H25ClN2O2/c26-19-5-7-20(8-6-19)28-25(29)13-16-11-17-14-21(15-18(17)12-16)30-24-9-10-27-23-4-2-1-3-22(23)24/h1-10,16-18,21H,11-15H2,(H,28,29)/t16-,17-,18+,21-. The Morgan fingerprint density at radius 3 is 2.50 bits per heavy atom. The van der Waals surface area contributed by atoms with E-state index < -0.39 is 0 Å². The van der Waals surface area contributed by atoms with Gasteiger partial charge >= 0.3 is 0 Å². The minimum atomic E-state index is 0.0957. The number of ether oxygens (including phenoxy) is 1. The van der Waals surface area contributed by atoms with Crippen molar-refractivity contribution in [3.63, 3.8) is 0 Å². The van der Waals surface area contributed by atoms with Crippen molar-refractivity contribution in [1.29, 1.82) is 0 Å². The molecule has 4 nitrogen and oxygen atoms in total. The van der Waals surface area contributed by atoms with Gasteiger partial charge < -0.3 is 10.1 Å². The number of nitrogens with zero attached hydrogens (tertiary/aromatic N) is 1. The number of nitrogens with one attached hydrogen (secondary N) is 1. The van der Waals surface area contributed by atoms with Crippen molar-refractivity contribution in [3.8, 4) is 5.75 Å². The van der Waals surface area contributed by atoms with E-state index in [1.165, 1.54) is 0 Å². The fourth-order valence-corrected chi connectivity index (χ4v) is 5.43. The fourth-order valence-electron chi connectivity index (χ4n) is 5.31. The summed E-state index contributed by atoms with van der Waals surface area (Å²) in [7, 11) is 0. The predicted octanol–water partition coefficient (Wildman–Crippen LogP) is 6.10. The van der Waals surface area contributed by atoms with Crippen molar-refractivity contribution in [1.82, 2.24) is 4.98 Å². The average molecular weight is 421 g/mol. The Balaban J connectivity index is 1.14. The van der Waals surface area contributed by atoms with E-state index in [0.717, 1.165) is 48.0 Å². The van der Waals surface area contributed by atoms with E-state index >= 15 is 0 Å². The zero-order valence-electron chi connectivity index (χ0n) is 16.8. The lowest BCUT2D eigenvalue weighted by molar-refractivity contribution is -0.117. The molecule has 2 aliphatic carbocycles. The Morgan fingerprint density at radius 2 is 1.73 bits per heavy atom. The largest absolute Gasteiger partial charge is 0.490 e. The van der Waals surface area contributed by atoms with E-state index in [4.69, 9.17) is 16.3 Å². The molecule has 4 atom stereocenters.